The summed E-state index contributed by atoms with van der Waals surface area (Å²) in [6.07, 6.45) is 8.13. The Labute approximate surface area is 65.9 Å². The van der Waals surface area contributed by atoms with Crippen LogP contribution in [-0.4, -0.2) is 0 Å². The van der Waals surface area contributed by atoms with E-state index in [-0.39, 0.29) is 0 Å². The quantitative estimate of drug-likeness (QED) is 0.479. The van der Waals surface area contributed by atoms with E-state index in [0.29, 0.717) is 5.92 Å². The van der Waals surface area contributed by atoms with Crippen LogP contribution in [-0.2, 0) is 19.4 Å². The van der Waals surface area contributed by atoms with Crippen molar-refractivity contribution in [3.8, 4) is 0 Å². The Kier molecular flexibility index (Phi) is 5.96. The van der Waals surface area contributed by atoms with Gasteiger partial charge in [-0.3, -0.25) is 0 Å². The molecule has 0 aromatic rings. The molecule has 0 N–H and O–H groups in total. The van der Waals surface area contributed by atoms with Crippen LogP contribution in [0.2, 0.25) is 0 Å². The van der Waals surface area contributed by atoms with Gasteiger partial charge in [-0.05, 0) is 12.8 Å². The van der Waals surface area contributed by atoms with Crippen molar-refractivity contribution in [1.29, 1.82) is 0 Å². The second kappa shape index (κ2) is 5.62. The zero-order valence-corrected chi connectivity index (χ0v) is 6.79. The molecule has 42 valence electrons. The molecule has 0 aromatic heterocycles. The van der Waals surface area contributed by atoms with Crippen molar-refractivity contribution in [2.45, 2.75) is 0 Å². The average Bonchev–Trinajstić information content (AvgIpc) is 2.24. The van der Waals surface area contributed by atoms with Gasteiger partial charge in [0.05, 0.1) is 0 Å². The number of hydrogen-bond donors (Lipinski definition) is 0. The number of allylic oxidation sites excluding steroid dienone is 4. The first kappa shape index (κ1) is 8.48. The van der Waals surface area contributed by atoms with Crippen molar-refractivity contribution < 1.29 is 19.4 Å². The third-order valence-corrected chi connectivity index (χ3v) is 0.828. The summed E-state index contributed by atoms with van der Waals surface area (Å²) >= 11 is 1.47. The Morgan fingerprint density at radius 1 is 1.25 bits per heavy atom. The van der Waals surface area contributed by atoms with Crippen molar-refractivity contribution in [3.05, 3.63) is 31.2 Å². The molecule has 0 bridgehead atoms. The van der Waals surface area contributed by atoms with Gasteiger partial charge in [0.1, 0.15) is 0 Å². The van der Waals surface area contributed by atoms with E-state index < -0.39 is 0 Å². The summed E-state index contributed by atoms with van der Waals surface area (Å²) in [5.74, 6) is 0.435. The Hall–Kier alpha value is 0.484. The minimum absolute atomic E-state index is 0.435. The predicted molar refractivity (Wildman–Crippen MR) is 33.0 cm³/mol. The van der Waals surface area contributed by atoms with Crippen molar-refractivity contribution in [2.24, 2.45) is 5.92 Å². The van der Waals surface area contributed by atoms with Gasteiger partial charge in [0.15, 0.2) is 0 Å². The molecular formula is C6H7ClTi. The third-order valence-electron chi connectivity index (χ3n) is 0.828. The maximum absolute atomic E-state index is 4.64. The molecule has 1 radical (unpaired) electrons. The Morgan fingerprint density at radius 2 is 1.62 bits per heavy atom. The first-order valence-corrected chi connectivity index (χ1v) is 4.41. The van der Waals surface area contributed by atoms with Crippen LogP contribution in [0, 0.1) is 12.8 Å². The van der Waals surface area contributed by atoms with Gasteiger partial charge in [-0.15, -0.1) is 0 Å². The van der Waals surface area contributed by atoms with E-state index in [1.54, 1.807) is 0 Å². The summed E-state index contributed by atoms with van der Waals surface area (Å²) in [5, 5.41) is 0. The van der Waals surface area contributed by atoms with E-state index in [2.05, 4.69) is 28.4 Å². The first-order valence-electron chi connectivity index (χ1n) is 2.26. The van der Waals surface area contributed by atoms with Crippen LogP contribution in [0.15, 0.2) is 24.3 Å². The van der Waals surface area contributed by atoms with E-state index >= 15 is 0 Å². The van der Waals surface area contributed by atoms with Gasteiger partial charge in [0, 0.05) is 0 Å². The van der Waals surface area contributed by atoms with E-state index in [0.717, 1.165) is 0 Å². The van der Waals surface area contributed by atoms with E-state index in [9.17, 15) is 0 Å². The van der Waals surface area contributed by atoms with Crippen LogP contribution in [0.1, 0.15) is 0 Å². The maximum atomic E-state index is 4.64. The second-order valence-corrected chi connectivity index (χ2v) is 1.43. The van der Waals surface area contributed by atoms with Gasteiger partial charge in [-0.25, -0.2) is 0 Å². The van der Waals surface area contributed by atoms with E-state index in [1.807, 2.05) is 12.2 Å². The van der Waals surface area contributed by atoms with Gasteiger partial charge in [0.25, 0.3) is 0 Å². The standard InChI is InChI=1S/C6H7.ClH.Ti/c1-6-4-2-3-5-6;;/h2-6H,1H2;1H;/q;;+1/p-1. The number of hydrogen-bond acceptors (Lipinski definition) is 0. The fraction of sp³-hybridized carbons (Fsp3) is 0.167. The summed E-state index contributed by atoms with van der Waals surface area (Å²) in [5.41, 5.74) is 0. The molecular weight excluding hydrogens is 155 g/mol. The Balaban J connectivity index is 0.000000222. The summed E-state index contributed by atoms with van der Waals surface area (Å²) in [7, 11) is 4.64. The minimum atomic E-state index is 0.435. The topological polar surface area (TPSA) is 0 Å². The molecule has 0 saturated carbocycles. The van der Waals surface area contributed by atoms with Crippen molar-refractivity contribution in [2.75, 3.05) is 0 Å². The fourth-order valence-electron chi connectivity index (χ4n) is 0.478. The molecule has 0 unspecified atom stereocenters. The zero-order valence-electron chi connectivity index (χ0n) is 4.47. The fourth-order valence-corrected chi connectivity index (χ4v) is 0.478. The second-order valence-electron chi connectivity index (χ2n) is 1.43. The van der Waals surface area contributed by atoms with Crippen molar-refractivity contribution in [3.63, 3.8) is 0 Å². The van der Waals surface area contributed by atoms with Gasteiger partial charge in [0.2, 0.25) is 0 Å². The molecule has 0 heterocycles. The molecule has 0 aliphatic heterocycles. The molecule has 0 nitrogen and oxygen atoms in total. The molecule has 0 amide bonds. The molecule has 2 heteroatoms. The van der Waals surface area contributed by atoms with Crippen LogP contribution in [0.5, 0.6) is 0 Å². The van der Waals surface area contributed by atoms with Gasteiger partial charge in [-0.1, -0.05) is 24.3 Å². The molecule has 8 heavy (non-hydrogen) atoms. The van der Waals surface area contributed by atoms with Gasteiger partial charge in [-0.2, -0.15) is 0 Å². The van der Waals surface area contributed by atoms with E-state index in [4.69, 9.17) is 0 Å². The molecule has 1 rings (SSSR count). The van der Waals surface area contributed by atoms with Crippen LogP contribution in [0.3, 0.4) is 0 Å². The average molecular weight is 162 g/mol. The summed E-state index contributed by atoms with van der Waals surface area (Å²) in [4.78, 5) is 0. The molecule has 0 saturated heterocycles. The number of rotatable bonds is 0. The molecule has 0 atom stereocenters. The first-order chi connectivity index (χ1) is 3.89. The number of halogens is 1. The van der Waals surface area contributed by atoms with Gasteiger partial charge < -0.3 is 0 Å². The van der Waals surface area contributed by atoms with Crippen LogP contribution < -0.4 is 0 Å². The summed E-state index contributed by atoms with van der Waals surface area (Å²) in [6, 6.07) is 0. The van der Waals surface area contributed by atoms with Crippen molar-refractivity contribution >= 4 is 9.30 Å². The summed E-state index contributed by atoms with van der Waals surface area (Å²) in [6.45, 7) is 3.76. The van der Waals surface area contributed by atoms with E-state index in [1.165, 1.54) is 19.4 Å². The van der Waals surface area contributed by atoms with Crippen LogP contribution in [0.25, 0.3) is 0 Å². The molecule has 1 aliphatic carbocycles. The van der Waals surface area contributed by atoms with Crippen LogP contribution in [0.4, 0.5) is 0 Å². The Morgan fingerprint density at radius 3 is 1.75 bits per heavy atom. The summed E-state index contributed by atoms with van der Waals surface area (Å²) < 4.78 is 0. The molecule has 0 fully saturated rings. The Bertz CT molecular complexity index is 84.7. The zero-order chi connectivity index (χ0) is 6.41. The monoisotopic (exact) mass is 162 g/mol. The molecule has 0 spiro atoms. The van der Waals surface area contributed by atoms with Crippen molar-refractivity contribution in [1.82, 2.24) is 0 Å². The van der Waals surface area contributed by atoms with Crippen LogP contribution >= 0.6 is 9.30 Å². The van der Waals surface area contributed by atoms with Gasteiger partial charge >= 0.3 is 28.7 Å². The third kappa shape index (κ3) is 3.48. The normalized spacial score (nSPS) is 15.6. The SMILES string of the molecule is [CH2]C1C=CC=C1.[Cl][Ti]. The molecule has 0 aromatic carbocycles. The molecule has 1 aliphatic rings. The predicted octanol–water partition coefficient (Wildman–Crippen LogP) is 2.25.